The number of morpholine rings is 1. The average Bonchev–Trinajstić information content (AvgIpc) is 2.70. The van der Waals surface area contributed by atoms with Crippen LogP contribution in [0.4, 0.5) is 10.1 Å². The van der Waals surface area contributed by atoms with Crippen molar-refractivity contribution in [2.45, 2.75) is 10.1 Å². The fraction of sp³-hybridized carbons (Fsp3) is 0.312. The summed E-state index contributed by atoms with van der Waals surface area (Å²) >= 11 is 7.21. The minimum absolute atomic E-state index is 0.0403. The number of hydrogen-bond acceptors (Lipinski definition) is 7. The SMILES string of the molecule is CSc1ncc(Cl)c(C(=O)Nc2ccc(F)c(S(=O)(=O)N3CCOCC3)c2)n1. The molecule has 8 nitrogen and oxygen atoms in total. The van der Waals surface area contributed by atoms with Crippen molar-refractivity contribution in [3.63, 3.8) is 0 Å². The summed E-state index contributed by atoms with van der Waals surface area (Å²) in [6.45, 7) is 0.737. The number of halogens is 2. The molecular weight excluding hydrogens is 431 g/mol. The Morgan fingerprint density at radius 2 is 2.07 bits per heavy atom. The zero-order valence-electron chi connectivity index (χ0n) is 14.7. The fourth-order valence-electron chi connectivity index (χ4n) is 2.50. The number of ether oxygens (including phenoxy) is 1. The van der Waals surface area contributed by atoms with Crippen molar-refractivity contribution in [1.82, 2.24) is 14.3 Å². The number of carbonyl (C=O) groups excluding carboxylic acids is 1. The highest BCUT2D eigenvalue weighted by molar-refractivity contribution is 7.98. The highest BCUT2D eigenvalue weighted by Gasteiger charge is 2.29. The van der Waals surface area contributed by atoms with E-state index in [1.165, 1.54) is 24.0 Å². The number of amides is 1. The first kappa shape index (κ1) is 20.9. The molecule has 2 heterocycles. The Bertz CT molecular complexity index is 1000. The van der Waals surface area contributed by atoms with Crippen molar-refractivity contribution in [2.75, 3.05) is 37.9 Å². The van der Waals surface area contributed by atoms with Gasteiger partial charge in [-0.25, -0.2) is 22.8 Å². The van der Waals surface area contributed by atoms with Gasteiger partial charge in [0.2, 0.25) is 10.0 Å². The first-order chi connectivity index (χ1) is 13.3. The molecule has 28 heavy (non-hydrogen) atoms. The van der Waals surface area contributed by atoms with E-state index in [1.807, 2.05) is 0 Å². The van der Waals surface area contributed by atoms with Crippen LogP contribution in [0, 0.1) is 5.82 Å². The van der Waals surface area contributed by atoms with Crippen LogP contribution in [0.2, 0.25) is 5.02 Å². The van der Waals surface area contributed by atoms with Gasteiger partial charge in [0.05, 0.1) is 24.4 Å². The normalized spacial score (nSPS) is 15.4. The molecule has 0 radical (unpaired) electrons. The van der Waals surface area contributed by atoms with Gasteiger partial charge in [0.25, 0.3) is 5.91 Å². The number of nitrogens with zero attached hydrogens (tertiary/aromatic N) is 3. The predicted octanol–water partition coefficient (Wildman–Crippen LogP) is 2.26. The number of carbonyl (C=O) groups is 1. The number of benzene rings is 1. The molecule has 0 bridgehead atoms. The van der Waals surface area contributed by atoms with Crippen molar-refractivity contribution >= 4 is 45.0 Å². The third-order valence-corrected chi connectivity index (χ3v) is 6.65. The first-order valence-corrected chi connectivity index (χ1v) is 11.1. The second-order valence-corrected chi connectivity index (χ2v) is 8.76. The van der Waals surface area contributed by atoms with Gasteiger partial charge >= 0.3 is 0 Å². The van der Waals surface area contributed by atoms with E-state index in [-0.39, 0.29) is 42.7 Å². The molecular formula is C16H16ClFN4O4S2. The summed E-state index contributed by atoms with van der Waals surface area (Å²) in [7, 11) is -4.06. The molecule has 1 saturated heterocycles. The van der Waals surface area contributed by atoms with Gasteiger partial charge in [-0.3, -0.25) is 4.79 Å². The van der Waals surface area contributed by atoms with Crippen LogP contribution in [0.15, 0.2) is 34.4 Å². The maximum atomic E-state index is 14.2. The molecule has 3 rings (SSSR count). The third kappa shape index (κ3) is 4.44. The number of anilines is 1. The van der Waals surface area contributed by atoms with E-state index in [2.05, 4.69) is 15.3 Å². The molecule has 0 saturated carbocycles. The molecule has 1 aliphatic heterocycles. The van der Waals surface area contributed by atoms with Gasteiger partial charge in [-0.2, -0.15) is 4.31 Å². The number of aromatic nitrogens is 2. The molecule has 0 spiro atoms. The molecule has 0 atom stereocenters. The number of nitrogens with one attached hydrogen (secondary N) is 1. The predicted molar refractivity (Wildman–Crippen MR) is 103 cm³/mol. The van der Waals surface area contributed by atoms with Crippen LogP contribution < -0.4 is 5.32 Å². The van der Waals surface area contributed by atoms with Crippen LogP contribution in [0.25, 0.3) is 0 Å². The highest BCUT2D eigenvalue weighted by atomic mass is 35.5. The maximum Gasteiger partial charge on any atom is 0.275 e. The zero-order valence-corrected chi connectivity index (χ0v) is 17.1. The molecule has 2 aromatic rings. The Morgan fingerprint density at radius 3 is 2.75 bits per heavy atom. The minimum Gasteiger partial charge on any atom is -0.379 e. The molecule has 1 aromatic carbocycles. The van der Waals surface area contributed by atoms with Crippen LogP contribution >= 0.6 is 23.4 Å². The van der Waals surface area contributed by atoms with E-state index in [4.69, 9.17) is 16.3 Å². The highest BCUT2D eigenvalue weighted by Crippen LogP contribution is 2.25. The van der Waals surface area contributed by atoms with Crippen molar-refractivity contribution in [3.8, 4) is 0 Å². The van der Waals surface area contributed by atoms with Crippen molar-refractivity contribution in [1.29, 1.82) is 0 Å². The van der Waals surface area contributed by atoms with Crippen LogP contribution in [-0.2, 0) is 14.8 Å². The fourth-order valence-corrected chi connectivity index (χ4v) is 4.52. The minimum atomic E-state index is -4.06. The maximum absolute atomic E-state index is 14.2. The Hall–Kier alpha value is -1.79. The van der Waals surface area contributed by atoms with E-state index in [9.17, 15) is 17.6 Å². The second-order valence-electron chi connectivity index (χ2n) is 5.67. The van der Waals surface area contributed by atoms with Crippen LogP contribution in [-0.4, -0.2) is 61.2 Å². The lowest BCUT2D eigenvalue weighted by Gasteiger charge is -2.26. The Morgan fingerprint density at radius 1 is 1.36 bits per heavy atom. The number of hydrogen-bond donors (Lipinski definition) is 1. The smallest absolute Gasteiger partial charge is 0.275 e. The van der Waals surface area contributed by atoms with Crippen LogP contribution in [0.1, 0.15) is 10.5 Å². The summed E-state index contributed by atoms with van der Waals surface area (Å²) in [6.07, 6.45) is 3.04. The van der Waals surface area contributed by atoms with E-state index in [0.717, 1.165) is 16.4 Å². The summed E-state index contributed by atoms with van der Waals surface area (Å²) in [4.78, 5) is 20.0. The largest absolute Gasteiger partial charge is 0.379 e. The quantitative estimate of drug-likeness (QED) is 0.555. The van der Waals surface area contributed by atoms with Gasteiger partial charge in [-0.05, 0) is 24.5 Å². The summed E-state index contributed by atoms with van der Waals surface area (Å²) in [5, 5.41) is 2.89. The Kier molecular flexibility index (Phi) is 6.50. The second kappa shape index (κ2) is 8.70. The van der Waals surface area contributed by atoms with Crippen LogP contribution in [0.5, 0.6) is 0 Å². The van der Waals surface area contributed by atoms with E-state index >= 15 is 0 Å². The lowest BCUT2D eigenvalue weighted by molar-refractivity contribution is 0.0729. The summed E-state index contributed by atoms with van der Waals surface area (Å²) < 4.78 is 46.0. The summed E-state index contributed by atoms with van der Waals surface area (Å²) in [6, 6.07) is 3.32. The molecule has 150 valence electrons. The zero-order chi connectivity index (χ0) is 20.3. The Balaban J connectivity index is 1.88. The summed E-state index contributed by atoms with van der Waals surface area (Å²) in [5.41, 5.74) is 0.0292. The Labute approximate surface area is 170 Å². The lowest BCUT2D eigenvalue weighted by atomic mass is 10.3. The molecule has 1 N–H and O–H groups in total. The monoisotopic (exact) mass is 446 g/mol. The van der Waals surface area contributed by atoms with Gasteiger partial charge in [-0.1, -0.05) is 23.4 Å². The topological polar surface area (TPSA) is 101 Å². The van der Waals surface area contributed by atoms with E-state index < -0.39 is 26.6 Å². The number of sulfonamides is 1. The first-order valence-electron chi connectivity index (χ1n) is 8.08. The van der Waals surface area contributed by atoms with E-state index in [0.29, 0.717) is 5.16 Å². The third-order valence-electron chi connectivity index (χ3n) is 3.90. The molecule has 1 aliphatic rings. The lowest BCUT2D eigenvalue weighted by Crippen LogP contribution is -2.40. The van der Waals surface area contributed by atoms with Gasteiger partial charge in [0.15, 0.2) is 10.9 Å². The van der Waals surface area contributed by atoms with Crippen molar-refractivity contribution in [2.24, 2.45) is 0 Å². The molecule has 0 aliphatic carbocycles. The van der Waals surface area contributed by atoms with Gasteiger partial charge < -0.3 is 10.1 Å². The molecule has 0 unspecified atom stereocenters. The van der Waals surface area contributed by atoms with Gasteiger partial charge in [0.1, 0.15) is 10.7 Å². The molecule has 12 heteroatoms. The van der Waals surface area contributed by atoms with Crippen molar-refractivity contribution in [3.05, 3.63) is 40.9 Å². The standard InChI is InChI=1S/C16H16ClFN4O4S2/c1-27-16-19-9-11(17)14(21-16)15(23)20-10-2-3-12(18)13(8-10)28(24,25)22-4-6-26-7-5-22/h2-3,8-9H,4-7H2,1H3,(H,20,23). The molecule has 1 amide bonds. The number of thioether (sulfide) groups is 1. The summed E-state index contributed by atoms with van der Waals surface area (Å²) in [5.74, 6) is -1.57. The molecule has 1 fully saturated rings. The molecule has 1 aromatic heterocycles. The average molecular weight is 447 g/mol. The number of rotatable bonds is 5. The van der Waals surface area contributed by atoms with Crippen LogP contribution in [0.3, 0.4) is 0 Å². The van der Waals surface area contributed by atoms with Gasteiger partial charge in [-0.15, -0.1) is 0 Å². The van der Waals surface area contributed by atoms with E-state index in [1.54, 1.807) is 6.26 Å². The van der Waals surface area contributed by atoms with Crippen molar-refractivity contribution < 1.29 is 22.3 Å². The van der Waals surface area contributed by atoms with Gasteiger partial charge in [0, 0.05) is 18.8 Å².